The maximum Gasteiger partial charge on any atom is 0.344 e. The number of para-hydroxylation sites is 1. The lowest BCUT2D eigenvalue weighted by atomic mass is 10.1. The van der Waals surface area contributed by atoms with Crippen LogP contribution in [0.2, 0.25) is 0 Å². The molecule has 1 amide bonds. The summed E-state index contributed by atoms with van der Waals surface area (Å²) in [5.74, 6) is 0.620. The molecule has 3 aromatic rings. The average Bonchev–Trinajstić information content (AvgIpc) is 3.26. The third kappa shape index (κ3) is 4.95. The number of ether oxygens (including phenoxy) is 4. The predicted molar refractivity (Wildman–Crippen MR) is 114 cm³/mol. The first-order valence-corrected chi connectivity index (χ1v) is 9.77. The van der Waals surface area contributed by atoms with Gasteiger partial charge in [-0.2, -0.15) is 0 Å². The van der Waals surface area contributed by atoms with E-state index in [4.69, 9.17) is 18.9 Å². The zero-order chi connectivity index (χ0) is 21.6. The Kier molecular flexibility index (Phi) is 6.03. The van der Waals surface area contributed by atoms with E-state index in [2.05, 4.69) is 5.32 Å². The van der Waals surface area contributed by atoms with Crippen molar-refractivity contribution in [3.05, 3.63) is 72.8 Å². The van der Waals surface area contributed by atoms with Crippen molar-refractivity contribution in [2.24, 2.45) is 0 Å². The molecule has 0 fully saturated rings. The Balaban J connectivity index is 1.31. The summed E-state index contributed by atoms with van der Waals surface area (Å²) in [6.45, 7) is 1.33. The van der Waals surface area contributed by atoms with E-state index < -0.39 is 18.0 Å². The highest BCUT2D eigenvalue weighted by Gasteiger charge is 2.20. The molecular weight excluding hydrogens is 398 g/mol. The zero-order valence-electron chi connectivity index (χ0n) is 16.9. The van der Waals surface area contributed by atoms with Gasteiger partial charge in [-0.05, 0) is 30.7 Å². The van der Waals surface area contributed by atoms with Gasteiger partial charge in [0, 0.05) is 17.3 Å². The molecule has 0 saturated heterocycles. The molecule has 3 aromatic carbocycles. The molecule has 7 nitrogen and oxygen atoms in total. The van der Waals surface area contributed by atoms with Gasteiger partial charge >= 0.3 is 5.97 Å². The van der Waals surface area contributed by atoms with Crippen LogP contribution in [0.4, 0.5) is 5.69 Å². The second-order valence-electron chi connectivity index (χ2n) is 6.84. The number of rotatable bonds is 7. The predicted octanol–water partition coefficient (Wildman–Crippen LogP) is 4.03. The summed E-state index contributed by atoms with van der Waals surface area (Å²) in [5, 5.41) is 2.69. The Hall–Kier alpha value is -4.00. The first-order chi connectivity index (χ1) is 15.1. The highest BCUT2D eigenvalue weighted by Crippen LogP contribution is 2.34. The Morgan fingerprint density at radius 2 is 1.71 bits per heavy atom. The van der Waals surface area contributed by atoms with Crippen LogP contribution < -0.4 is 19.5 Å². The number of anilines is 1. The number of fused-ring (bicyclic) bond motifs is 1. The summed E-state index contributed by atoms with van der Waals surface area (Å²) in [6, 6.07) is 22.2. The van der Waals surface area contributed by atoms with Crippen LogP contribution in [0.15, 0.2) is 72.8 Å². The molecule has 0 bridgehead atoms. The Labute approximate surface area is 179 Å². The monoisotopic (exact) mass is 419 g/mol. The van der Waals surface area contributed by atoms with Crippen molar-refractivity contribution in [3.8, 4) is 28.4 Å². The van der Waals surface area contributed by atoms with Crippen molar-refractivity contribution < 1.29 is 28.5 Å². The minimum atomic E-state index is -0.995. The number of carbonyl (C=O) groups is 2. The number of hydrogen-bond donors (Lipinski definition) is 1. The molecule has 7 heteroatoms. The van der Waals surface area contributed by atoms with E-state index in [9.17, 15) is 9.59 Å². The highest BCUT2D eigenvalue weighted by molar-refractivity contribution is 5.95. The van der Waals surface area contributed by atoms with Crippen molar-refractivity contribution in [1.29, 1.82) is 0 Å². The number of nitrogens with one attached hydrogen (secondary N) is 1. The van der Waals surface area contributed by atoms with Crippen molar-refractivity contribution in [1.82, 2.24) is 0 Å². The fourth-order valence-corrected chi connectivity index (χ4v) is 3.09. The van der Waals surface area contributed by atoms with Gasteiger partial charge in [-0.3, -0.25) is 4.79 Å². The molecule has 1 atom stereocenters. The van der Waals surface area contributed by atoms with Crippen LogP contribution in [0.25, 0.3) is 11.1 Å². The SMILES string of the molecule is C[C@@H](OC(=O)COc1ccccc1-c1ccccc1)C(=O)Nc1ccc2c(c1)OCO2. The lowest BCUT2D eigenvalue weighted by molar-refractivity contribution is -0.155. The number of amides is 1. The molecule has 0 spiro atoms. The maximum atomic E-state index is 12.4. The normalized spacial score (nSPS) is 12.7. The largest absolute Gasteiger partial charge is 0.481 e. The van der Waals surface area contributed by atoms with Crippen LogP contribution in [0.3, 0.4) is 0 Å². The molecule has 0 saturated carbocycles. The molecule has 1 heterocycles. The van der Waals surface area contributed by atoms with E-state index in [0.29, 0.717) is 22.9 Å². The maximum absolute atomic E-state index is 12.4. The van der Waals surface area contributed by atoms with Crippen LogP contribution >= 0.6 is 0 Å². The summed E-state index contributed by atoms with van der Waals surface area (Å²) in [7, 11) is 0. The van der Waals surface area contributed by atoms with Gasteiger partial charge in [0.1, 0.15) is 5.75 Å². The van der Waals surface area contributed by atoms with Gasteiger partial charge in [0.2, 0.25) is 6.79 Å². The van der Waals surface area contributed by atoms with E-state index in [-0.39, 0.29) is 13.4 Å². The third-order valence-electron chi connectivity index (χ3n) is 4.63. The third-order valence-corrected chi connectivity index (χ3v) is 4.63. The van der Waals surface area contributed by atoms with E-state index in [1.54, 1.807) is 24.3 Å². The molecule has 0 unspecified atom stereocenters. The van der Waals surface area contributed by atoms with E-state index >= 15 is 0 Å². The van der Waals surface area contributed by atoms with Gasteiger partial charge in [-0.1, -0.05) is 48.5 Å². The Bertz CT molecular complexity index is 1080. The van der Waals surface area contributed by atoms with Crippen molar-refractivity contribution in [2.75, 3.05) is 18.7 Å². The van der Waals surface area contributed by atoms with Gasteiger partial charge in [-0.15, -0.1) is 0 Å². The molecule has 1 N–H and O–H groups in total. The molecule has 0 aromatic heterocycles. The summed E-state index contributed by atoms with van der Waals surface area (Å²) < 4.78 is 21.4. The van der Waals surface area contributed by atoms with Gasteiger partial charge in [-0.25, -0.2) is 4.79 Å². The minimum absolute atomic E-state index is 0.147. The van der Waals surface area contributed by atoms with Crippen molar-refractivity contribution in [3.63, 3.8) is 0 Å². The van der Waals surface area contributed by atoms with E-state index in [1.165, 1.54) is 6.92 Å². The van der Waals surface area contributed by atoms with Crippen LogP contribution in [0, 0.1) is 0 Å². The first kappa shape index (κ1) is 20.3. The molecule has 0 aliphatic carbocycles. The van der Waals surface area contributed by atoms with Crippen molar-refractivity contribution >= 4 is 17.6 Å². The zero-order valence-corrected chi connectivity index (χ0v) is 16.9. The molecule has 1 aliphatic rings. The molecule has 1 aliphatic heterocycles. The van der Waals surface area contributed by atoms with Crippen molar-refractivity contribution in [2.45, 2.75) is 13.0 Å². The average molecular weight is 419 g/mol. The van der Waals surface area contributed by atoms with E-state index in [0.717, 1.165) is 11.1 Å². The second-order valence-corrected chi connectivity index (χ2v) is 6.84. The second kappa shape index (κ2) is 9.21. The molecular formula is C24H21NO6. The lowest BCUT2D eigenvalue weighted by Gasteiger charge is -2.15. The van der Waals surface area contributed by atoms with Gasteiger partial charge in [0.05, 0.1) is 0 Å². The number of esters is 1. The number of benzene rings is 3. The van der Waals surface area contributed by atoms with Crippen LogP contribution in [0.1, 0.15) is 6.92 Å². The van der Waals surface area contributed by atoms with Gasteiger partial charge in [0.25, 0.3) is 5.91 Å². The topological polar surface area (TPSA) is 83.1 Å². The Morgan fingerprint density at radius 3 is 2.55 bits per heavy atom. The van der Waals surface area contributed by atoms with Crippen LogP contribution in [0.5, 0.6) is 17.2 Å². The van der Waals surface area contributed by atoms with Crippen LogP contribution in [-0.4, -0.2) is 31.4 Å². The first-order valence-electron chi connectivity index (χ1n) is 9.77. The van der Waals surface area contributed by atoms with Crippen LogP contribution in [-0.2, 0) is 14.3 Å². The number of carbonyl (C=O) groups excluding carboxylic acids is 2. The molecule has 4 rings (SSSR count). The molecule has 158 valence electrons. The smallest absolute Gasteiger partial charge is 0.344 e. The fraction of sp³-hybridized carbons (Fsp3) is 0.167. The number of hydrogen-bond acceptors (Lipinski definition) is 6. The Morgan fingerprint density at radius 1 is 0.968 bits per heavy atom. The van der Waals surface area contributed by atoms with E-state index in [1.807, 2.05) is 48.5 Å². The summed E-state index contributed by atoms with van der Waals surface area (Å²) in [6.07, 6.45) is -0.995. The highest BCUT2D eigenvalue weighted by atomic mass is 16.7. The quantitative estimate of drug-likeness (QED) is 0.582. The minimum Gasteiger partial charge on any atom is -0.481 e. The van der Waals surface area contributed by atoms with Gasteiger partial charge < -0.3 is 24.3 Å². The summed E-state index contributed by atoms with van der Waals surface area (Å²) >= 11 is 0. The lowest BCUT2D eigenvalue weighted by Crippen LogP contribution is -2.31. The standard InChI is InChI=1S/C24H21NO6/c1-16(24(27)25-18-11-12-21-22(13-18)30-15-29-21)31-23(26)14-28-20-10-6-5-9-19(20)17-7-3-2-4-8-17/h2-13,16H,14-15H2,1H3,(H,25,27)/t16-/m1/s1. The molecule has 0 radical (unpaired) electrons. The summed E-state index contributed by atoms with van der Waals surface area (Å²) in [5.41, 5.74) is 2.36. The molecule has 31 heavy (non-hydrogen) atoms. The fourth-order valence-electron chi connectivity index (χ4n) is 3.09. The van der Waals surface area contributed by atoms with Gasteiger partial charge in [0.15, 0.2) is 24.2 Å². The summed E-state index contributed by atoms with van der Waals surface area (Å²) in [4.78, 5) is 24.6.